The highest BCUT2D eigenvalue weighted by Crippen LogP contribution is 2.19. The number of hydrogen-bond acceptors (Lipinski definition) is 4. The van der Waals surface area contributed by atoms with E-state index in [-0.39, 0.29) is 11.9 Å². The molecule has 1 unspecified atom stereocenters. The molecule has 10 heteroatoms. The molecule has 1 aromatic carbocycles. The van der Waals surface area contributed by atoms with Gasteiger partial charge in [0.05, 0.1) is 17.2 Å². The third-order valence-corrected chi connectivity index (χ3v) is 4.46. The predicted octanol–water partition coefficient (Wildman–Crippen LogP) is 3.67. The van der Waals surface area contributed by atoms with Gasteiger partial charge in [-0.3, -0.25) is 14.8 Å². The molecule has 26 heavy (non-hydrogen) atoms. The first-order chi connectivity index (χ1) is 12.5. The van der Waals surface area contributed by atoms with Gasteiger partial charge in [0, 0.05) is 11.2 Å². The maximum atomic E-state index is 13.1. The quantitative estimate of drug-likeness (QED) is 0.633. The lowest BCUT2D eigenvalue weighted by Gasteiger charge is -2.13. The van der Waals surface area contributed by atoms with Gasteiger partial charge in [0.25, 0.3) is 5.91 Å². The minimum atomic E-state index is -0.472. The van der Waals surface area contributed by atoms with Crippen molar-refractivity contribution in [2.24, 2.45) is 0 Å². The molecule has 0 aliphatic carbocycles. The normalized spacial score (nSPS) is 12.2. The Labute approximate surface area is 162 Å². The lowest BCUT2D eigenvalue weighted by Crippen LogP contribution is -2.26. The third kappa shape index (κ3) is 4.28. The minimum absolute atomic E-state index is 0.179. The Hall–Kier alpha value is -2.26. The molecule has 1 N–H and O–H groups in total. The van der Waals surface area contributed by atoms with Crippen LogP contribution in [-0.2, 0) is 11.3 Å². The lowest BCUT2D eigenvalue weighted by molar-refractivity contribution is -0.119. The zero-order valence-corrected chi connectivity index (χ0v) is 16.1. The van der Waals surface area contributed by atoms with Crippen molar-refractivity contribution >= 4 is 39.4 Å². The average molecular weight is 442 g/mol. The molecule has 0 saturated carbocycles. The summed E-state index contributed by atoms with van der Waals surface area (Å²) < 4.78 is 17.0. The van der Waals surface area contributed by atoms with E-state index < -0.39 is 11.9 Å². The number of carbonyl (C=O) groups is 1. The van der Waals surface area contributed by atoms with Gasteiger partial charge in [-0.15, -0.1) is 5.10 Å². The van der Waals surface area contributed by atoms with Crippen molar-refractivity contribution in [3.8, 4) is 0 Å². The van der Waals surface area contributed by atoms with Gasteiger partial charge in [-0.2, -0.15) is 5.10 Å². The van der Waals surface area contributed by atoms with Crippen LogP contribution in [0, 0.1) is 5.82 Å². The van der Waals surface area contributed by atoms with E-state index in [1.807, 2.05) is 6.92 Å². The number of hydrogen-bond donors (Lipinski definition) is 1. The SMILES string of the molecule is CCC(C(=O)Nc1ncn(Cc2ccc(F)cc2Cl)n1)n1cc(Br)cn1. The molecule has 1 amide bonds. The van der Waals surface area contributed by atoms with Crippen LogP contribution >= 0.6 is 27.5 Å². The third-order valence-electron chi connectivity index (χ3n) is 3.70. The van der Waals surface area contributed by atoms with E-state index >= 15 is 0 Å². The number of amides is 1. The fraction of sp³-hybridized carbons (Fsp3) is 0.250. The molecule has 3 rings (SSSR count). The Balaban J connectivity index is 1.68. The van der Waals surface area contributed by atoms with Gasteiger partial charge in [0.1, 0.15) is 18.2 Å². The summed E-state index contributed by atoms with van der Waals surface area (Å²) in [5, 5.41) is 11.3. The van der Waals surface area contributed by atoms with E-state index in [2.05, 4.69) is 36.4 Å². The van der Waals surface area contributed by atoms with Crippen molar-refractivity contribution in [2.75, 3.05) is 5.32 Å². The van der Waals surface area contributed by atoms with E-state index in [1.165, 1.54) is 23.1 Å². The first kappa shape index (κ1) is 18.5. The smallest absolute Gasteiger partial charge is 0.251 e. The Bertz CT molecular complexity index is 927. The summed E-state index contributed by atoms with van der Waals surface area (Å²) in [5.74, 6) is -0.486. The molecule has 0 radical (unpaired) electrons. The second-order valence-electron chi connectivity index (χ2n) is 5.55. The predicted molar refractivity (Wildman–Crippen MR) is 98.4 cm³/mol. The zero-order chi connectivity index (χ0) is 18.7. The monoisotopic (exact) mass is 440 g/mol. The van der Waals surface area contributed by atoms with E-state index in [4.69, 9.17) is 11.6 Å². The van der Waals surface area contributed by atoms with Crippen molar-refractivity contribution < 1.29 is 9.18 Å². The fourth-order valence-electron chi connectivity index (χ4n) is 2.42. The number of aromatic nitrogens is 5. The van der Waals surface area contributed by atoms with Crippen LogP contribution < -0.4 is 5.32 Å². The number of nitrogens with zero attached hydrogens (tertiary/aromatic N) is 5. The first-order valence-electron chi connectivity index (χ1n) is 7.80. The van der Waals surface area contributed by atoms with Gasteiger partial charge in [-0.05, 0) is 40.0 Å². The summed E-state index contributed by atoms with van der Waals surface area (Å²) >= 11 is 9.33. The molecule has 0 saturated heterocycles. The molecular formula is C16H15BrClFN6O. The summed E-state index contributed by atoms with van der Waals surface area (Å²) in [6.07, 6.45) is 5.39. The summed E-state index contributed by atoms with van der Waals surface area (Å²) in [6.45, 7) is 2.20. The largest absolute Gasteiger partial charge is 0.291 e. The molecule has 0 bridgehead atoms. The Morgan fingerprint density at radius 3 is 2.92 bits per heavy atom. The fourth-order valence-corrected chi connectivity index (χ4v) is 2.95. The Kier molecular flexibility index (Phi) is 5.67. The molecule has 0 aliphatic rings. The first-order valence-corrected chi connectivity index (χ1v) is 8.97. The second-order valence-corrected chi connectivity index (χ2v) is 6.88. The van der Waals surface area contributed by atoms with E-state index in [9.17, 15) is 9.18 Å². The van der Waals surface area contributed by atoms with E-state index in [0.717, 1.165) is 4.47 Å². The molecule has 136 valence electrons. The molecule has 3 aromatic rings. The number of anilines is 1. The summed E-state index contributed by atoms with van der Waals surface area (Å²) in [5.41, 5.74) is 0.698. The minimum Gasteiger partial charge on any atom is -0.291 e. The van der Waals surface area contributed by atoms with E-state index in [0.29, 0.717) is 23.6 Å². The zero-order valence-electron chi connectivity index (χ0n) is 13.7. The van der Waals surface area contributed by atoms with Crippen molar-refractivity contribution in [1.29, 1.82) is 0 Å². The topological polar surface area (TPSA) is 77.6 Å². The van der Waals surface area contributed by atoms with Crippen LogP contribution in [0.5, 0.6) is 0 Å². The number of nitrogens with one attached hydrogen (secondary N) is 1. The molecule has 0 spiro atoms. The van der Waals surface area contributed by atoms with Crippen LogP contribution in [0.4, 0.5) is 10.3 Å². The van der Waals surface area contributed by atoms with Gasteiger partial charge >= 0.3 is 0 Å². The standard InChI is InChI=1S/C16H15BrClFN6O/c1-2-14(25-8-11(17)6-21-25)15(26)22-16-20-9-24(23-16)7-10-3-4-12(19)5-13(10)18/h3-6,8-9,14H,2,7H2,1H3,(H,22,23,26). The lowest BCUT2D eigenvalue weighted by atomic mass is 10.2. The van der Waals surface area contributed by atoms with Gasteiger partial charge in [-0.25, -0.2) is 14.1 Å². The van der Waals surface area contributed by atoms with Gasteiger partial charge in [-0.1, -0.05) is 24.6 Å². The maximum Gasteiger partial charge on any atom is 0.251 e. The van der Waals surface area contributed by atoms with Crippen molar-refractivity contribution in [3.63, 3.8) is 0 Å². The molecular weight excluding hydrogens is 427 g/mol. The molecule has 0 aliphatic heterocycles. The molecule has 2 aromatic heterocycles. The maximum absolute atomic E-state index is 13.1. The number of rotatable bonds is 6. The van der Waals surface area contributed by atoms with Crippen LogP contribution in [-0.4, -0.2) is 30.5 Å². The van der Waals surface area contributed by atoms with Gasteiger partial charge in [0.15, 0.2) is 0 Å². The molecule has 1 atom stereocenters. The van der Waals surface area contributed by atoms with Crippen LogP contribution in [0.15, 0.2) is 41.4 Å². The molecule has 2 heterocycles. The van der Waals surface area contributed by atoms with Crippen molar-refractivity contribution in [1.82, 2.24) is 24.5 Å². The summed E-state index contributed by atoms with van der Waals surface area (Å²) in [4.78, 5) is 16.6. The highest BCUT2D eigenvalue weighted by molar-refractivity contribution is 9.10. The van der Waals surface area contributed by atoms with Crippen LogP contribution in [0.25, 0.3) is 0 Å². The van der Waals surface area contributed by atoms with Gasteiger partial charge in [0.2, 0.25) is 5.95 Å². The number of benzene rings is 1. The van der Waals surface area contributed by atoms with Crippen molar-refractivity contribution in [3.05, 3.63) is 57.8 Å². The highest BCUT2D eigenvalue weighted by atomic mass is 79.9. The summed E-state index contributed by atoms with van der Waals surface area (Å²) in [7, 11) is 0. The van der Waals surface area contributed by atoms with E-state index in [1.54, 1.807) is 23.1 Å². The molecule has 0 fully saturated rings. The Morgan fingerprint density at radius 1 is 1.46 bits per heavy atom. The highest BCUT2D eigenvalue weighted by Gasteiger charge is 2.20. The average Bonchev–Trinajstić information content (AvgIpc) is 3.20. The van der Waals surface area contributed by atoms with Crippen LogP contribution in [0.1, 0.15) is 24.9 Å². The van der Waals surface area contributed by atoms with Crippen LogP contribution in [0.2, 0.25) is 5.02 Å². The molecule has 7 nitrogen and oxygen atoms in total. The second kappa shape index (κ2) is 7.96. The summed E-state index contributed by atoms with van der Waals surface area (Å²) in [6, 6.07) is 3.68. The van der Waals surface area contributed by atoms with Crippen molar-refractivity contribution in [2.45, 2.75) is 25.9 Å². The number of carbonyl (C=O) groups excluding carboxylic acids is 1. The van der Waals surface area contributed by atoms with Gasteiger partial charge < -0.3 is 0 Å². The van der Waals surface area contributed by atoms with Crippen LogP contribution in [0.3, 0.4) is 0 Å². The number of halogens is 3. The Morgan fingerprint density at radius 2 is 2.27 bits per heavy atom.